The summed E-state index contributed by atoms with van der Waals surface area (Å²) in [6, 6.07) is 7.39. The number of hydrogen-bond donors (Lipinski definition) is 2. The number of nitrogens with zero attached hydrogens (tertiary/aromatic N) is 2. The van der Waals surface area contributed by atoms with Gasteiger partial charge in [0.25, 0.3) is 0 Å². The molecule has 6 nitrogen and oxygen atoms in total. The fourth-order valence-electron chi connectivity index (χ4n) is 2.21. The van der Waals surface area contributed by atoms with E-state index in [0.717, 1.165) is 27.6 Å². The second kappa shape index (κ2) is 7.54. The molecule has 0 saturated carbocycles. The highest BCUT2D eigenvalue weighted by Crippen LogP contribution is 2.26. The van der Waals surface area contributed by atoms with Gasteiger partial charge in [-0.1, -0.05) is 12.1 Å². The van der Waals surface area contributed by atoms with E-state index in [-0.39, 0.29) is 18.2 Å². The predicted octanol–water partition coefficient (Wildman–Crippen LogP) is 3.71. The van der Waals surface area contributed by atoms with E-state index >= 15 is 0 Å². The molecule has 0 atom stereocenters. The van der Waals surface area contributed by atoms with Crippen molar-refractivity contribution >= 4 is 45.3 Å². The van der Waals surface area contributed by atoms with Crippen LogP contribution in [0.1, 0.15) is 17.6 Å². The Labute approximate surface area is 153 Å². The lowest BCUT2D eigenvalue weighted by Crippen LogP contribution is -2.14. The Balaban J connectivity index is 1.63. The van der Waals surface area contributed by atoms with Crippen molar-refractivity contribution in [2.75, 3.05) is 10.6 Å². The lowest BCUT2D eigenvalue weighted by Gasteiger charge is -2.03. The quantitative estimate of drug-likeness (QED) is 0.715. The van der Waals surface area contributed by atoms with Crippen LogP contribution >= 0.6 is 22.7 Å². The zero-order valence-electron chi connectivity index (χ0n) is 13.7. The van der Waals surface area contributed by atoms with Crippen LogP contribution in [-0.4, -0.2) is 21.8 Å². The predicted molar refractivity (Wildman–Crippen MR) is 101 cm³/mol. The number of hydrogen-bond acceptors (Lipinski definition) is 6. The van der Waals surface area contributed by atoms with Crippen molar-refractivity contribution in [3.05, 3.63) is 45.7 Å². The molecule has 2 N–H and O–H groups in total. The molecule has 0 unspecified atom stereocenters. The van der Waals surface area contributed by atoms with Gasteiger partial charge in [-0.05, 0) is 19.1 Å². The summed E-state index contributed by atoms with van der Waals surface area (Å²) in [6.07, 6.45) is 0.241. The second-order valence-electron chi connectivity index (χ2n) is 5.38. The summed E-state index contributed by atoms with van der Waals surface area (Å²) in [7, 11) is 0. The first-order chi connectivity index (χ1) is 12.0. The SMILES string of the molecule is CC(=O)Nc1ccc(-c2csc(NC(=O)Cc3csc(C)n3)n2)cc1. The summed E-state index contributed by atoms with van der Waals surface area (Å²) >= 11 is 2.90. The molecule has 3 rings (SSSR count). The molecule has 128 valence electrons. The fourth-order valence-corrected chi connectivity index (χ4v) is 3.56. The molecule has 0 aliphatic carbocycles. The largest absolute Gasteiger partial charge is 0.326 e. The van der Waals surface area contributed by atoms with Crippen LogP contribution < -0.4 is 10.6 Å². The molecule has 0 bridgehead atoms. The monoisotopic (exact) mass is 372 g/mol. The van der Waals surface area contributed by atoms with Crippen LogP contribution in [-0.2, 0) is 16.0 Å². The van der Waals surface area contributed by atoms with E-state index in [2.05, 4.69) is 20.6 Å². The number of aryl methyl sites for hydroxylation is 1. The number of aromatic nitrogens is 2. The van der Waals surface area contributed by atoms with Crippen LogP contribution in [0.2, 0.25) is 0 Å². The van der Waals surface area contributed by atoms with Crippen molar-refractivity contribution in [1.29, 1.82) is 0 Å². The molecule has 0 aliphatic rings. The molecule has 0 spiro atoms. The maximum Gasteiger partial charge on any atom is 0.232 e. The maximum atomic E-state index is 12.1. The Hall–Kier alpha value is -2.58. The minimum Gasteiger partial charge on any atom is -0.326 e. The van der Waals surface area contributed by atoms with Crippen LogP contribution in [0.25, 0.3) is 11.3 Å². The highest BCUT2D eigenvalue weighted by molar-refractivity contribution is 7.14. The lowest BCUT2D eigenvalue weighted by molar-refractivity contribution is -0.116. The Morgan fingerprint density at radius 3 is 2.44 bits per heavy atom. The standard InChI is InChI=1S/C17H16N4O2S2/c1-10(22)18-13-5-3-12(4-6-13)15-9-25-17(20-15)21-16(23)7-14-8-24-11(2)19-14/h3-6,8-9H,7H2,1-2H3,(H,18,22)(H,20,21,23). The van der Waals surface area contributed by atoms with Gasteiger partial charge in [-0.2, -0.15) is 0 Å². The highest BCUT2D eigenvalue weighted by atomic mass is 32.1. The first kappa shape index (κ1) is 17.2. The molecule has 0 radical (unpaired) electrons. The molecule has 3 aromatic rings. The molecule has 2 aromatic heterocycles. The second-order valence-corrected chi connectivity index (χ2v) is 7.30. The van der Waals surface area contributed by atoms with Gasteiger partial charge in [0, 0.05) is 28.9 Å². The molecule has 8 heteroatoms. The van der Waals surface area contributed by atoms with E-state index in [1.54, 1.807) is 0 Å². The van der Waals surface area contributed by atoms with Crippen molar-refractivity contribution in [1.82, 2.24) is 9.97 Å². The van der Waals surface area contributed by atoms with Gasteiger partial charge in [0.05, 0.1) is 22.8 Å². The van der Waals surface area contributed by atoms with E-state index in [1.165, 1.54) is 29.6 Å². The van der Waals surface area contributed by atoms with Crippen LogP contribution in [0, 0.1) is 6.92 Å². The smallest absolute Gasteiger partial charge is 0.232 e. The van der Waals surface area contributed by atoms with Gasteiger partial charge in [-0.25, -0.2) is 9.97 Å². The van der Waals surface area contributed by atoms with Gasteiger partial charge < -0.3 is 10.6 Å². The summed E-state index contributed by atoms with van der Waals surface area (Å²) in [5.74, 6) is -0.242. The normalized spacial score (nSPS) is 10.5. The summed E-state index contributed by atoms with van der Waals surface area (Å²) in [5, 5.41) is 10.8. The van der Waals surface area contributed by atoms with Crippen molar-refractivity contribution in [2.45, 2.75) is 20.3 Å². The lowest BCUT2D eigenvalue weighted by atomic mass is 10.1. The van der Waals surface area contributed by atoms with Crippen LogP contribution in [0.3, 0.4) is 0 Å². The molecule has 2 heterocycles. The van der Waals surface area contributed by atoms with E-state index in [0.29, 0.717) is 5.13 Å². The third-order valence-electron chi connectivity index (χ3n) is 3.26. The van der Waals surface area contributed by atoms with Gasteiger partial charge in [0.2, 0.25) is 11.8 Å². The fraction of sp³-hybridized carbons (Fsp3) is 0.176. The third kappa shape index (κ3) is 4.71. The number of thiazole rings is 2. The Kier molecular flexibility index (Phi) is 5.20. The minimum atomic E-state index is -0.132. The van der Waals surface area contributed by atoms with Crippen LogP contribution in [0.15, 0.2) is 35.0 Å². The maximum absolute atomic E-state index is 12.1. The van der Waals surface area contributed by atoms with Crippen LogP contribution in [0.5, 0.6) is 0 Å². The molecular formula is C17H16N4O2S2. The molecule has 0 saturated heterocycles. The number of carbonyl (C=O) groups excluding carboxylic acids is 2. The summed E-state index contributed by atoms with van der Waals surface area (Å²) in [6.45, 7) is 3.38. The van der Waals surface area contributed by atoms with E-state index in [1.807, 2.05) is 41.9 Å². The van der Waals surface area contributed by atoms with Gasteiger partial charge in [0.1, 0.15) is 0 Å². The zero-order chi connectivity index (χ0) is 17.8. The number of amides is 2. The number of carbonyl (C=O) groups is 2. The average molecular weight is 372 g/mol. The zero-order valence-corrected chi connectivity index (χ0v) is 15.3. The molecule has 0 aliphatic heterocycles. The molecule has 2 amide bonds. The number of benzene rings is 1. The molecule has 0 fully saturated rings. The number of anilines is 2. The Morgan fingerprint density at radius 2 is 1.80 bits per heavy atom. The van der Waals surface area contributed by atoms with E-state index in [4.69, 9.17) is 0 Å². The average Bonchev–Trinajstić information content (AvgIpc) is 3.17. The Morgan fingerprint density at radius 1 is 1.04 bits per heavy atom. The van der Waals surface area contributed by atoms with Crippen molar-refractivity contribution in [3.63, 3.8) is 0 Å². The van der Waals surface area contributed by atoms with E-state index < -0.39 is 0 Å². The van der Waals surface area contributed by atoms with Crippen molar-refractivity contribution in [3.8, 4) is 11.3 Å². The van der Waals surface area contributed by atoms with E-state index in [9.17, 15) is 9.59 Å². The topological polar surface area (TPSA) is 84.0 Å². The first-order valence-electron chi connectivity index (χ1n) is 7.54. The van der Waals surface area contributed by atoms with Gasteiger partial charge in [-0.15, -0.1) is 22.7 Å². The Bertz CT molecular complexity index is 900. The summed E-state index contributed by atoms with van der Waals surface area (Å²) in [5.41, 5.74) is 3.20. The van der Waals surface area contributed by atoms with Crippen LogP contribution in [0.4, 0.5) is 10.8 Å². The van der Waals surface area contributed by atoms with Gasteiger partial charge >= 0.3 is 0 Å². The number of nitrogens with one attached hydrogen (secondary N) is 2. The summed E-state index contributed by atoms with van der Waals surface area (Å²) in [4.78, 5) is 31.8. The molecule has 1 aromatic carbocycles. The number of rotatable bonds is 5. The highest BCUT2D eigenvalue weighted by Gasteiger charge is 2.10. The molecule has 25 heavy (non-hydrogen) atoms. The third-order valence-corrected chi connectivity index (χ3v) is 4.84. The minimum absolute atomic E-state index is 0.110. The van der Waals surface area contributed by atoms with Gasteiger partial charge in [-0.3, -0.25) is 9.59 Å². The first-order valence-corrected chi connectivity index (χ1v) is 9.30. The summed E-state index contributed by atoms with van der Waals surface area (Å²) < 4.78 is 0. The van der Waals surface area contributed by atoms with Crippen molar-refractivity contribution < 1.29 is 9.59 Å². The van der Waals surface area contributed by atoms with Gasteiger partial charge in [0.15, 0.2) is 5.13 Å². The van der Waals surface area contributed by atoms with Crippen molar-refractivity contribution in [2.24, 2.45) is 0 Å². The molecular weight excluding hydrogens is 356 g/mol.